The Morgan fingerprint density at radius 1 is 1.11 bits per heavy atom. The first-order chi connectivity index (χ1) is 9.27. The number of carbonyl (C=O) groups is 1. The summed E-state index contributed by atoms with van der Waals surface area (Å²) >= 11 is 0. The lowest BCUT2D eigenvalue weighted by Gasteiger charge is -2.25. The topological polar surface area (TPSA) is 40.5 Å². The minimum Gasteiger partial charge on any atom is -0.507 e. The molecule has 0 aliphatic carbocycles. The van der Waals surface area contributed by atoms with Gasteiger partial charge in [0.05, 0.1) is 0 Å². The first kappa shape index (κ1) is 13.4. The van der Waals surface area contributed by atoms with Crippen LogP contribution >= 0.6 is 0 Å². The average Bonchev–Trinajstić information content (AvgIpc) is 2.46. The third-order valence-electron chi connectivity index (χ3n) is 3.23. The van der Waals surface area contributed by atoms with Crippen molar-refractivity contribution in [3.8, 4) is 5.75 Å². The number of likely N-dealkylation sites (tertiary alicyclic amines) is 1. The van der Waals surface area contributed by atoms with Crippen molar-refractivity contribution in [3.63, 3.8) is 0 Å². The van der Waals surface area contributed by atoms with Crippen molar-refractivity contribution >= 4 is 12.0 Å². The van der Waals surface area contributed by atoms with Gasteiger partial charge in [-0.25, -0.2) is 0 Å². The number of nitrogens with zero attached hydrogens (tertiary/aromatic N) is 1. The molecule has 3 nitrogen and oxygen atoms in total. The van der Waals surface area contributed by atoms with Gasteiger partial charge in [0.25, 0.3) is 0 Å². The highest BCUT2D eigenvalue weighted by atomic mass is 16.3. The van der Waals surface area contributed by atoms with Gasteiger partial charge in [-0.05, 0) is 25.3 Å². The fourth-order valence-corrected chi connectivity index (χ4v) is 2.15. The van der Waals surface area contributed by atoms with E-state index in [-0.39, 0.29) is 11.7 Å². The monoisotopic (exact) mass is 257 g/mol. The molecule has 0 spiro atoms. The molecule has 0 saturated carbocycles. The molecule has 100 valence electrons. The molecule has 1 aromatic rings. The van der Waals surface area contributed by atoms with Gasteiger partial charge in [0.1, 0.15) is 5.75 Å². The first-order valence-electron chi connectivity index (χ1n) is 6.69. The van der Waals surface area contributed by atoms with Crippen molar-refractivity contribution < 1.29 is 9.90 Å². The molecule has 19 heavy (non-hydrogen) atoms. The van der Waals surface area contributed by atoms with Crippen LogP contribution in [0.15, 0.2) is 42.5 Å². The molecule has 0 unspecified atom stereocenters. The van der Waals surface area contributed by atoms with E-state index in [0.29, 0.717) is 0 Å². The van der Waals surface area contributed by atoms with Crippen molar-refractivity contribution in [1.29, 1.82) is 0 Å². The number of amides is 1. The first-order valence-corrected chi connectivity index (χ1v) is 6.69. The molecule has 0 atom stereocenters. The molecule has 1 aliphatic rings. The van der Waals surface area contributed by atoms with Crippen molar-refractivity contribution in [2.45, 2.75) is 19.3 Å². The zero-order chi connectivity index (χ0) is 13.5. The molecule has 1 fully saturated rings. The largest absolute Gasteiger partial charge is 0.507 e. The number of benzene rings is 1. The third-order valence-corrected chi connectivity index (χ3v) is 3.23. The number of hydrogen-bond acceptors (Lipinski definition) is 2. The van der Waals surface area contributed by atoms with Gasteiger partial charge in [0.2, 0.25) is 5.91 Å². The van der Waals surface area contributed by atoms with Crippen LogP contribution < -0.4 is 0 Å². The van der Waals surface area contributed by atoms with Gasteiger partial charge in [-0.15, -0.1) is 0 Å². The normalized spacial score (nSPS) is 16.3. The highest BCUT2D eigenvalue weighted by Gasteiger charge is 2.13. The molecular formula is C16H19NO2. The smallest absolute Gasteiger partial charge is 0.246 e. The SMILES string of the molecule is O=C(C=CC=Cc1ccccc1O)N1CCCCC1. The maximum absolute atomic E-state index is 11.8. The van der Waals surface area contributed by atoms with Crippen molar-refractivity contribution in [1.82, 2.24) is 4.90 Å². The number of para-hydroxylation sites is 1. The van der Waals surface area contributed by atoms with Crippen LogP contribution in [0, 0.1) is 0 Å². The number of aromatic hydroxyl groups is 1. The predicted molar refractivity (Wildman–Crippen MR) is 76.7 cm³/mol. The predicted octanol–water partition coefficient (Wildman–Crippen LogP) is 2.97. The molecule has 0 bridgehead atoms. The van der Waals surface area contributed by atoms with Crippen LogP contribution in [0.2, 0.25) is 0 Å². The summed E-state index contributed by atoms with van der Waals surface area (Å²) in [4.78, 5) is 13.7. The van der Waals surface area contributed by atoms with E-state index in [1.54, 1.807) is 36.4 Å². The number of hydrogen-bond donors (Lipinski definition) is 1. The van der Waals surface area contributed by atoms with Gasteiger partial charge < -0.3 is 10.0 Å². The van der Waals surface area contributed by atoms with Crippen molar-refractivity contribution in [2.75, 3.05) is 13.1 Å². The molecule has 1 heterocycles. The van der Waals surface area contributed by atoms with Gasteiger partial charge in [0.15, 0.2) is 0 Å². The van der Waals surface area contributed by atoms with Crippen LogP contribution in [0.25, 0.3) is 6.08 Å². The van der Waals surface area contributed by atoms with Crippen molar-refractivity contribution in [2.24, 2.45) is 0 Å². The molecule has 1 amide bonds. The number of rotatable bonds is 3. The lowest BCUT2D eigenvalue weighted by molar-refractivity contribution is -0.126. The number of piperidine rings is 1. The van der Waals surface area contributed by atoms with Gasteiger partial charge in [-0.3, -0.25) is 4.79 Å². The Morgan fingerprint density at radius 3 is 2.58 bits per heavy atom. The van der Waals surface area contributed by atoms with E-state index < -0.39 is 0 Å². The van der Waals surface area contributed by atoms with Crippen molar-refractivity contribution in [3.05, 3.63) is 48.1 Å². The maximum atomic E-state index is 11.8. The summed E-state index contributed by atoms with van der Waals surface area (Å²) in [6, 6.07) is 7.11. The minimum atomic E-state index is 0.0710. The highest BCUT2D eigenvalue weighted by molar-refractivity contribution is 5.88. The van der Waals surface area contributed by atoms with Crippen LogP contribution in [-0.4, -0.2) is 29.0 Å². The van der Waals surface area contributed by atoms with E-state index in [4.69, 9.17) is 0 Å². The molecule has 3 heteroatoms. The lowest BCUT2D eigenvalue weighted by Crippen LogP contribution is -2.34. The van der Waals surface area contributed by atoms with E-state index in [9.17, 15) is 9.90 Å². The standard InChI is InChI=1S/C16H19NO2/c18-15-10-4-2-8-14(15)9-3-5-11-16(19)17-12-6-1-7-13-17/h2-5,8-11,18H,1,6-7,12-13H2. The van der Waals surface area contributed by atoms with Crippen LogP contribution in [0.1, 0.15) is 24.8 Å². The molecule has 1 aliphatic heterocycles. The lowest BCUT2D eigenvalue weighted by atomic mass is 10.1. The summed E-state index contributed by atoms with van der Waals surface area (Å²) in [6.45, 7) is 1.73. The summed E-state index contributed by atoms with van der Waals surface area (Å²) in [6.07, 6.45) is 10.3. The van der Waals surface area contributed by atoms with E-state index in [1.807, 2.05) is 17.0 Å². The van der Waals surface area contributed by atoms with Gasteiger partial charge in [-0.1, -0.05) is 36.4 Å². The zero-order valence-corrected chi connectivity index (χ0v) is 11.0. The Morgan fingerprint density at radius 2 is 1.84 bits per heavy atom. The number of phenolic OH excluding ortho intramolecular Hbond substituents is 1. The molecule has 2 rings (SSSR count). The van der Waals surface area contributed by atoms with Crippen LogP contribution in [0.5, 0.6) is 5.75 Å². The van der Waals surface area contributed by atoms with Gasteiger partial charge in [-0.2, -0.15) is 0 Å². The fraction of sp³-hybridized carbons (Fsp3) is 0.312. The van der Waals surface area contributed by atoms with Crippen LogP contribution in [-0.2, 0) is 4.79 Å². The van der Waals surface area contributed by atoms with E-state index >= 15 is 0 Å². The average molecular weight is 257 g/mol. The summed E-state index contributed by atoms with van der Waals surface area (Å²) in [5.74, 6) is 0.316. The highest BCUT2D eigenvalue weighted by Crippen LogP contribution is 2.16. The maximum Gasteiger partial charge on any atom is 0.246 e. The Kier molecular flexibility index (Phi) is 4.78. The number of allylic oxidation sites excluding steroid dienone is 2. The van der Waals surface area contributed by atoms with Gasteiger partial charge in [0, 0.05) is 24.7 Å². The second-order valence-corrected chi connectivity index (χ2v) is 4.66. The number of carbonyl (C=O) groups excluding carboxylic acids is 1. The van der Waals surface area contributed by atoms with Crippen LogP contribution in [0.3, 0.4) is 0 Å². The second kappa shape index (κ2) is 6.78. The Bertz CT molecular complexity index is 485. The van der Waals surface area contributed by atoms with E-state index in [1.165, 1.54) is 6.42 Å². The van der Waals surface area contributed by atoms with Crippen LogP contribution in [0.4, 0.5) is 0 Å². The summed E-state index contributed by atoms with van der Waals surface area (Å²) in [7, 11) is 0. The summed E-state index contributed by atoms with van der Waals surface area (Å²) < 4.78 is 0. The molecular weight excluding hydrogens is 238 g/mol. The Balaban J connectivity index is 1.89. The zero-order valence-electron chi connectivity index (χ0n) is 11.0. The third kappa shape index (κ3) is 3.98. The van der Waals surface area contributed by atoms with E-state index in [2.05, 4.69) is 0 Å². The van der Waals surface area contributed by atoms with Gasteiger partial charge >= 0.3 is 0 Å². The fourth-order valence-electron chi connectivity index (χ4n) is 2.15. The molecule has 1 aromatic carbocycles. The second-order valence-electron chi connectivity index (χ2n) is 4.66. The molecule has 1 N–H and O–H groups in total. The Hall–Kier alpha value is -2.03. The summed E-state index contributed by atoms with van der Waals surface area (Å²) in [5.41, 5.74) is 0.748. The Labute approximate surface area is 113 Å². The molecule has 1 saturated heterocycles. The quantitative estimate of drug-likeness (QED) is 0.668. The van der Waals surface area contributed by atoms with E-state index in [0.717, 1.165) is 31.5 Å². The number of phenols is 1. The molecule has 0 radical (unpaired) electrons. The summed E-state index contributed by atoms with van der Waals surface area (Å²) in [5, 5.41) is 9.57. The minimum absolute atomic E-state index is 0.0710. The molecule has 0 aromatic heterocycles.